The number of amides is 1. The monoisotopic (exact) mass is 306 g/mol. The highest BCUT2D eigenvalue weighted by atomic mass is 35.5. The molecule has 0 saturated carbocycles. The van der Waals surface area contributed by atoms with Crippen molar-refractivity contribution in [3.05, 3.63) is 35.4 Å². The zero-order chi connectivity index (χ0) is 13.8. The van der Waals surface area contributed by atoms with E-state index in [1.807, 2.05) is 0 Å². The summed E-state index contributed by atoms with van der Waals surface area (Å²) in [7, 11) is 0. The molecule has 0 aromatic heterocycles. The molecule has 1 saturated heterocycles. The van der Waals surface area contributed by atoms with Crippen LogP contribution >= 0.6 is 12.4 Å². The number of ether oxygens (including phenoxy) is 1. The van der Waals surface area contributed by atoms with Crippen LogP contribution in [0.1, 0.15) is 12.5 Å². The number of carbonyl (C=O) groups is 1. The molecule has 1 fully saturated rings. The Morgan fingerprint density at radius 3 is 2.65 bits per heavy atom. The molecule has 1 aliphatic rings. The van der Waals surface area contributed by atoms with Gasteiger partial charge in [0.25, 0.3) is 0 Å². The van der Waals surface area contributed by atoms with E-state index in [1.54, 1.807) is 6.92 Å². The highest BCUT2D eigenvalue weighted by molar-refractivity contribution is 5.85. The predicted molar refractivity (Wildman–Crippen MR) is 72.7 cm³/mol. The number of benzene rings is 1. The summed E-state index contributed by atoms with van der Waals surface area (Å²) in [6.45, 7) is 3.06. The Bertz CT molecular complexity index is 453. The van der Waals surface area contributed by atoms with Gasteiger partial charge in [-0.25, -0.2) is 8.78 Å². The number of halogens is 3. The Kier molecular flexibility index (Phi) is 6.32. The Morgan fingerprint density at radius 2 is 2.05 bits per heavy atom. The molecule has 1 aromatic carbocycles. The number of hydrogen-bond acceptors (Lipinski definition) is 3. The molecule has 20 heavy (non-hydrogen) atoms. The molecule has 2 rings (SSSR count). The normalized spacial score (nSPS) is 21.9. The van der Waals surface area contributed by atoms with Crippen LogP contribution in [-0.2, 0) is 16.1 Å². The average molecular weight is 307 g/mol. The Balaban J connectivity index is 0.00000200. The van der Waals surface area contributed by atoms with E-state index >= 15 is 0 Å². The molecular formula is C13H17ClF2N2O2. The molecule has 2 N–H and O–H groups in total. The third kappa shape index (κ3) is 4.40. The molecule has 1 amide bonds. The van der Waals surface area contributed by atoms with Crippen molar-refractivity contribution in [2.24, 2.45) is 0 Å². The van der Waals surface area contributed by atoms with Gasteiger partial charge in [0.05, 0.1) is 12.7 Å². The van der Waals surface area contributed by atoms with E-state index in [-0.39, 0.29) is 31.0 Å². The van der Waals surface area contributed by atoms with Gasteiger partial charge in [0.1, 0.15) is 17.7 Å². The Morgan fingerprint density at radius 1 is 1.40 bits per heavy atom. The lowest BCUT2D eigenvalue weighted by molar-refractivity contribution is -0.129. The van der Waals surface area contributed by atoms with Gasteiger partial charge in [-0.15, -0.1) is 12.4 Å². The van der Waals surface area contributed by atoms with Gasteiger partial charge < -0.3 is 15.4 Å². The van der Waals surface area contributed by atoms with Gasteiger partial charge in [0.15, 0.2) is 0 Å². The number of rotatable bonds is 3. The molecule has 1 aliphatic heterocycles. The first-order valence-electron chi connectivity index (χ1n) is 6.14. The summed E-state index contributed by atoms with van der Waals surface area (Å²) in [5, 5.41) is 5.68. The second-order valence-corrected chi connectivity index (χ2v) is 4.50. The van der Waals surface area contributed by atoms with Crippen LogP contribution in [0.4, 0.5) is 8.78 Å². The van der Waals surface area contributed by atoms with Gasteiger partial charge >= 0.3 is 0 Å². The van der Waals surface area contributed by atoms with Crippen LogP contribution in [0.5, 0.6) is 0 Å². The topological polar surface area (TPSA) is 50.4 Å². The molecule has 0 spiro atoms. The molecular weight excluding hydrogens is 290 g/mol. The highest BCUT2D eigenvalue weighted by Gasteiger charge is 2.27. The quantitative estimate of drug-likeness (QED) is 0.887. The minimum absolute atomic E-state index is 0. The molecule has 0 unspecified atom stereocenters. The van der Waals surface area contributed by atoms with Crippen LogP contribution in [0.3, 0.4) is 0 Å². The van der Waals surface area contributed by atoms with Gasteiger partial charge in [-0.3, -0.25) is 4.79 Å². The van der Waals surface area contributed by atoms with E-state index in [4.69, 9.17) is 4.74 Å². The van der Waals surface area contributed by atoms with Crippen molar-refractivity contribution in [1.82, 2.24) is 10.6 Å². The molecule has 0 radical (unpaired) electrons. The summed E-state index contributed by atoms with van der Waals surface area (Å²) in [5.41, 5.74) is 0.384. The van der Waals surface area contributed by atoms with E-state index in [0.29, 0.717) is 18.7 Å². The Hall–Kier alpha value is -1.24. The summed E-state index contributed by atoms with van der Waals surface area (Å²) >= 11 is 0. The zero-order valence-electron chi connectivity index (χ0n) is 11.0. The molecule has 2 atom stereocenters. The third-order valence-electron chi connectivity index (χ3n) is 2.99. The van der Waals surface area contributed by atoms with Gasteiger partial charge in [0.2, 0.25) is 5.91 Å². The highest BCUT2D eigenvalue weighted by Crippen LogP contribution is 2.08. The lowest BCUT2D eigenvalue weighted by Crippen LogP contribution is -2.55. The summed E-state index contributed by atoms with van der Waals surface area (Å²) < 4.78 is 31.3. The van der Waals surface area contributed by atoms with Crippen LogP contribution < -0.4 is 10.6 Å². The minimum atomic E-state index is -0.656. The lowest BCUT2D eigenvalue weighted by Gasteiger charge is -2.29. The molecule has 0 aliphatic carbocycles. The van der Waals surface area contributed by atoms with Crippen LogP contribution in [0.2, 0.25) is 0 Å². The fourth-order valence-corrected chi connectivity index (χ4v) is 2.04. The van der Waals surface area contributed by atoms with E-state index < -0.39 is 17.7 Å². The SMILES string of the molecule is C[C@H]1OCCN[C@@H]1C(=O)NCc1cc(F)cc(F)c1.Cl. The van der Waals surface area contributed by atoms with Crippen LogP contribution in [0.15, 0.2) is 18.2 Å². The van der Waals surface area contributed by atoms with Gasteiger partial charge in [-0.2, -0.15) is 0 Å². The number of hydrogen-bond donors (Lipinski definition) is 2. The summed E-state index contributed by atoms with van der Waals surface area (Å²) in [4.78, 5) is 11.9. The number of carbonyl (C=O) groups excluding carboxylic acids is 1. The lowest BCUT2D eigenvalue weighted by atomic mass is 10.1. The minimum Gasteiger partial charge on any atom is -0.375 e. The number of nitrogens with one attached hydrogen (secondary N) is 2. The van der Waals surface area contributed by atoms with Gasteiger partial charge in [0, 0.05) is 19.2 Å². The Labute approximate surface area is 122 Å². The number of morpholine rings is 1. The second kappa shape index (κ2) is 7.52. The predicted octanol–water partition coefficient (Wildman–Crippen LogP) is 1.38. The maximum absolute atomic E-state index is 13.0. The van der Waals surface area contributed by atoms with E-state index in [2.05, 4.69) is 10.6 Å². The first-order valence-corrected chi connectivity index (χ1v) is 6.14. The van der Waals surface area contributed by atoms with E-state index in [0.717, 1.165) is 6.07 Å². The standard InChI is InChI=1S/C13H16F2N2O2.ClH/c1-8-12(16-2-3-19-8)13(18)17-7-9-4-10(14)6-11(15)5-9;/h4-6,8,12,16H,2-3,7H2,1H3,(H,17,18);1H/t8-,12+;/m1./s1. The van der Waals surface area contributed by atoms with Crippen LogP contribution in [0, 0.1) is 11.6 Å². The van der Waals surface area contributed by atoms with Crippen molar-refractivity contribution in [3.63, 3.8) is 0 Å². The van der Waals surface area contributed by atoms with Crippen LogP contribution in [0.25, 0.3) is 0 Å². The maximum Gasteiger partial charge on any atom is 0.240 e. The van der Waals surface area contributed by atoms with Crippen molar-refractivity contribution in [1.29, 1.82) is 0 Å². The van der Waals surface area contributed by atoms with E-state index in [1.165, 1.54) is 12.1 Å². The van der Waals surface area contributed by atoms with Crippen LogP contribution in [-0.4, -0.2) is 31.2 Å². The third-order valence-corrected chi connectivity index (χ3v) is 2.99. The van der Waals surface area contributed by atoms with Crippen molar-refractivity contribution >= 4 is 18.3 Å². The average Bonchev–Trinajstić information content (AvgIpc) is 2.35. The van der Waals surface area contributed by atoms with Crippen molar-refractivity contribution in [2.75, 3.05) is 13.2 Å². The van der Waals surface area contributed by atoms with Crippen molar-refractivity contribution in [3.8, 4) is 0 Å². The van der Waals surface area contributed by atoms with Crippen molar-refractivity contribution < 1.29 is 18.3 Å². The second-order valence-electron chi connectivity index (χ2n) is 4.50. The molecule has 1 aromatic rings. The fourth-order valence-electron chi connectivity index (χ4n) is 2.04. The molecule has 1 heterocycles. The fraction of sp³-hybridized carbons (Fsp3) is 0.462. The first-order chi connectivity index (χ1) is 9.06. The smallest absolute Gasteiger partial charge is 0.240 e. The summed E-state index contributed by atoms with van der Waals surface area (Å²) in [6.07, 6.45) is -0.224. The van der Waals surface area contributed by atoms with Gasteiger partial charge in [-0.1, -0.05) is 0 Å². The van der Waals surface area contributed by atoms with Crippen molar-refractivity contribution in [2.45, 2.75) is 25.6 Å². The molecule has 112 valence electrons. The largest absolute Gasteiger partial charge is 0.375 e. The van der Waals surface area contributed by atoms with E-state index in [9.17, 15) is 13.6 Å². The zero-order valence-corrected chi connectivity index (χ0v) is 11.8. The molecule has 0 bridgehead atoms. The van der Waals surface area contributed by atoms with Gasteiger partial charge in [-0.05, 0) is 24.6 Å². The maximum atomic E-state index is 13.0. The molecule has 7 heteroatoms. The summed E-state index contributed by atoms with van der Waals surface area (Å²) in [5.74, 6) is -1.55. The first kappa shape index (κ1) is 16.8. The molecule has 4 nitrogen and oxygen atoms in total. The summed E-state index contributed by atoms with van der Waals surface area (Å²) in [6, 6.07) is 2.74.